The number of hydrogen-bond acceptors (Lipinski definition) is 1. The van der Waals surface area contributed by atoms with Gasteiger partial charge in [-0.3, -0.25) is 4.79 Å². The molecule has 0 saturated carbocycles. The van der Waals surface area contributed by atoms with E-state index < -0.39 is 8.07 Å². The highest BCUT2D eigenvalue weighted by Crippen LogP contribution is 2.08. The van der Waals surface area contributed by atoms with Crippen LogP contribution in [-0.2, 0) is 4.79 Å². The van der Waals surface area contributed by atoms with Crippen molar-refractivity contribution in [2.24, 2.45) is 0 Å². The van der Waals surface area contributed by atoms with Crippen LogP contribution in [0.15, 0.2) is 24.8 Å². The molecule has 0 radical (unpaired) electrons. The Morgan fingerprint density at radius 1 is 1.33 bits per heavy atom. The third kappa shape index (κ3) is 11.1. The Hall–Kier alpha value is -0.833. The summed E-state index contributed by atoms with van der Waals surface area (Å²) in [5.74, 6) is 0.0589. The molecule has 0 rings (SSSR count). The summed E-state index contributed by atoms with van der Waals surface area (Å²) in [6.07, 6.45) is 7.36. The molecule has 0 saturated heterocycles. The highest BCUT2D eigenvalue weighted by Gasteiger charge is 2.08. The number of carbonyl (C=O) groups is 1. The van der Waals surface area contributed by atoms with Gasteiger partial charge in [0.25, 0.3) is 0 Å². The Morgan fingerprint density at radius 3 is 2.53 bits per heavy atom. The van der Waals surface area contributed by atoms with Crippen molar-refractivity contribution in [3.8, 4) is 0 Å². The van der Waals surface area contributed by atoms with E-state index in [0.717, 1.165) is 13.0 Å². The van der Waals surface area contributed by atoms with Crippen LogP contribution in [0.5, 0.6) is 0 Å². The van der Waals surface area contributed by atoms with E-state index >= 15 is 0 Å². The summed E-state index contributed by atoms with van der Waals surface area (Å²) in [5.41, 5.74) is 0. The Labute approximate surface area is 94.5 Å². The molecule has 0 aromatic carbocycles. The quantitative estimate of drug-likeness (QED) is 0.403. The summed E-state index contributed by atoms with van der Waals surface area (Å²) in [4.78, 5) is 11.0. The topological polar surface area (TPSA) is 29.1 Å². The molecule has 15 heavy (non-hydrogen) atoms. The summed E-state index contributed by atoms with van der Waals surface area (Å²) in [6.45, 7) is 11.3. The molecule has 0 spiro atoms. The van der Waals surface area contributed by atoms with Crippen molar-refractivity contribution in [2.45, 2.75) is 38.5 Å². The lowest BCUT2D eigenvalue weighted by molar-refractivity contribution is -0.120. The molecule has 0 bridgehead atoms. The van der Waals surface area contributed by atoms with Crippen LogP contribution in [0.25, 0.3) is 0 Å². The lowest BCUT2D eigenvalue weighted by atomic mass is 10.3. The molecule has 0 aromatic rings. The van der Waals surface area contributed by atoms with Crippen LogP contribution in [0, 0.1) is 0 Å². The predicted octanol–water partition coefficient (Wildman–Crippen LogP) is 2.96. The van der Waals surface area contributed by atoms with Gasteiger partial charge in [-0.25, -0.2) is 0 Å². The number of carbonyl (C=O) groups excluding carboxylic acids is 1. The van der Waals surface area contributed by atoms with Gasteiger partial charge < -0.3 is 5.32 Å². The van der Waals surface area contributed by atoms with E-state index in [-0.39, 0.29) is 5.91 Å². The summed E-state index contributed by atoms with van der Waals surface area (Å²) in [7, 11) is -0.939. The maximum Gasteiger partial charge on any atom is 0.223 e. The maximum atomic E-state index is 11.0. The normalized spacial score (nSPS) is 11.7. The standard InChI is InChI=1S/C12H23NOSi/c1-5-9-12(14)13-10-7-6-8-11-15(2,3)4/h5-6,8H,1,7,9-11H2,2-4H3,(H,13,14)/b8-6+. The molecule has 0 aliphatic rings. The van der Waals surface area contributed by atoms with Gasteiger partial charge in [0, 0.05) is 21.0 Å². The predicted molar refractivity (Wildman–Crippen MR) is 69.7 cm³/mol. The van der Waals surface area contributed by atoms with E-state index in [0.29, 0.717) is 6.42 Å². The fourth-order valence-corrected chi connectivity index (χ4v) is 1.93. The van der Waals surface area contributed by atoms with E-state index in [9.17, 15) is 4.79 Å². The summed E-state index contributed by atoms with van der Waals surface area (Å²) in [6, 6.07) is 1.22. The second kappa shape index (κ2) is 7.46. The van der Waals surface area contributed by atoms with Crippen LogP contribution >= 0.6 is 0 Å². The van der Waals surface area contributed by atoms with E-state index in [1.54, 1.807) is 6.08 Å². The van der Waals surface area contributed by atoms with Gasteiger partial charge in [0.05, 0.1) is 0 Å². The minimum absolute atomic E-state index is 0.0589. The van der Waals surface area contributed by atoms with Crippen LogP contribution in [-0.4, -0.2) is 20.5 Å². The molecule has 0 atom stereocenters. The Bertz CT molecular complexity index is 228. The molecular formula is C12H23NOSi. The van der Waals surface area contributed by atoms with Crippen molar-refractivity contribution in [3.63, 3.8) is 0 Å². The molecule has 1 N–H and O–H groups in total. The van der Waals surface area contributed by atoms with Crippen LogP contribution in [0.2, 0.25) is 25.7 Å². The van der Waals surface area contributed by atoms with Crippen LogP contribution < -0.4 is 5.32 Å². The van der Waals surface area contributed by atoms with Crippen LogP contribution in [0.4, 0.5) is 0 Å². The first-order valence-electron chi connectivity index (χ1n) is 5.48. The minimum Gasteiger partial charge on any atom is -0.356 e. The van der Waals surface area contributed by atoms with Crippen molar-refractivity contribution in [1.29, 1.82) is 0 Å². The number of amides is 1. The fourth-order valence-electron chi connectivity index (χ4n) is 1.05. The average molecular weight is 225 g/mol. The smallest absolute Gasteiger partial charge is 0.223 e. The Kier molecular flexibility index (Phi) is 7.04. The number of allylic oxidation sites excluding steroid dienone is 1. The second-order valence-corrected chi connectivity index (χ2v) is 10.4. The molecule has 2 nitrogen and oxygen atoms in total. The molecule has 0 fully saturated rings. The summed E-state index contributed by atoms with van der Waals surface area (Å²) >= 11 is 0. The van der Waals surface area contributed by atoms with Gasteiger partial charge in [0.2, 0.25) is 5.91 Å². The first-order valence-corrected chi connectivity index (χ1v) is 9.19. The highest BCUT2D eigenvalue weighted by atomic mass is 28.3. The largest absolute Gasteiger partial charge is 0.356 e. The third-order valence-corrected chi connectivity index (χ3v) is 3.32. The van der Waals surface area contributed by atoms with E-state index in [2.05, 4.69) is 43.7 Å². The zero-order valence-corrected chi connectivity index (χ0v) is 11.2. The Balaban J connectivity index is 3.46. The van der Waals surface area contributed by atoms with E-state index in [4.69, 9.17) is 0 Å². The van der Waals surface area contributed by atoms with Gasteiger partial charge in [0.1, 0.15) is 0 Å². The monoisotopic (exact) mass is 225 g/mol. The summed E-state index contributed by atoms with van der Waals surface area (Å²) < 4.78 is 0. The van der Waals surface area contributed by atoms with Gasteiger partial charge in [-0.1, -0.05) is 37.9 Å². The second-order valence-electron chi connectivity index (χ2n) is 4.87. The number of hydrogen-bond donors (Lipinski definition) is 1. The number of rotatable bonds is 7. The van der Waals surface area contributed by atoms with Crippen molar-refractivity contribution < 1.29 is 4.79 Å². The van der Waals surface area contributed by atoms with Gasteiger partial charge in [0.15, 0.2) is 0 Å². The summed E-state index contributed by atoms with van der Waals surface area (Å²) in [5, 5.41) is 2.83. The number of nitrogens with one attached hydrogen (secondary N) is 1. The molecule has 0 heterocycles. The highest BCUT2D eigenvalue weighted by molar-refractivity contribution is 6.76. The Morgan fingerprint density at radius 2 is 2.00 bits per heavy atom. The first kappa shape index (κ1) is 14.2. The molecule has 3 heteroatoms. The van der Waals surface area contributed by atoms with Crippen LogP contribution in [0.3, 0.4) is 0 Å². The molecule has 0 aliphatic carbocycles. The molecule has 86 valence electrons. The van der Waals surface area contributed by atoms with Crippen molar-refractivity contribution >= 4 is 14.0 Å². The van der Waals surface area contributed by atoms with Crippen LogP contribution in [0.1, 0.15) is 12.8 Å². The lowest BCUT2D eigenvalue weighted by Gasteiger charge is -2.11. The van der Waals surface area contributed by atoms with Gasteiger partial charge >= 0.3 is 0 Å². The van der Waals surface area contributed by atoms with E-state index in [1.165, 1.54) is 6.04 Å². The van der Waals surface area contributed by atoms with E-state index in [1.807, 2.05) is 0 Å². The van der Waals surface area contributed by atoms with Gasteiger partial charge in [-0.2, -0.15) is 0 Å². The van der Waals surface area contributed by atoms with Gasteiger partial charge in [-0.05, 0) is 12.5 Å². The van der Waals surface area contributed by atoms with Crippen molar-refractivity contribution in [1.82, 2.24) is 5.32 Å². The van der Waals surface area contributed by atoms with Gasteiger partial charge in [-0.15, -0.1) is 6.58 Å². The average Bonchev–Trinajstić information content (AvgIpc) is 2.09. The molecule has 0 unspecified atom stereocenters. The molecule has 0 aromatic heterocycles. The zero-order chi connectivity index (χ0) is 11.7. The minimum atomic E-state index is -0.939. The SMILES string of the molecule is C=CCC(=O)NCC/C=C/C[Si](C)(C)C. The van der Waals surface area contributed by atoms with Crippen molar-refractivity contribution in [3.05, 3.63) is 24.8 Å². The first-order chi connectivity index (χ1) is 6.95. The third-order valence-electron chi connectivity index (χ3n) is 1.86. The molecule has 0 aliphatic heterocycles. The zero-order valence-electron chi connectivity index (χ0n) is 10.2. The lowest BCUT2D eigenvalue weighted by Crippen LogP contribution is -2.23. The van der Waals surface area contributed by atoms with Crippen molar-refractivity contribution in [2.75, 3.05) is 6.54 Å². The molecule has 1 amide bonds. The molecular weight excluding hydrogens is 202 g/mol. The fraction of sp³-hybridized carbons (Fsp3) is 0.583. The maximum absolute atomic E-state index is 11.0.